The molecular formula is C22H29NO3. The summed E-state index contributed by atoms with van der Waals surface area (Å²) in [5.74, 6) is 1.54. The van der Waals surface area contributed by atoms with Crippen LogP contribution in [0, 0.1) is 34.0 Å². The van der Waals surface area contributed by atoms with Crippen LogP contribution in [0.5, 0.6) is 0 Å². The Morgan fingerprint density at radius 3 is 3.00 bits per heavy atom. The molecule has 4 nitrogen and oxygen atoms in total. The molecule has 7 bridgehead atoms. The third-order valence-corrected chi connectivity index (χ3v) is 9.98. The zero-order valence-corrected chi connectivity index (χ0v) is 15.6. The van der Waals surface area contributed by atoms with Crippen LogP contribution in [-0.2, 0) is 9.47 Å². The lowest BCUT2D eigenvalue weighted by molar-refractivity contribution is -0.409. The largest absolute Gasteiger partial charge is 0.388 e. The molecule has 2 spiro atoms. The smallest absolute Gasteiger partial charge is 0.119 e. The summed E-state index contributed by atoms with van der Waals surface area (Å²) >= 11 is 0. The second kappa shape index (κ2) is 4.32. The van der Waals surface area contributed by atoms with Gasteiger partial charge in [-0.15, -0.1) is 0 Å². The molecule has 0 aromatic carbocycles. The second-order valence-electron chi connectivity index (χ2n) is 10.4. The van der Waals surface area contributed by atoms with Crippen LogP contribution in [0.25, 0.3) is 0 Å². The molecule has 9 aliphatic rings. The fraction of sp³-hybridized carbons (Fsp3) is 0.818. The zero-order chi connectivity index (χ0) is 17.5. The van der Waals surface area contributed by atoms with Gasteiger partial charge in [0.2, 0.25) is 0 Å². The van der Waals surface area contributed by atoms with E-state index in [1.165, 1.54) is 19.3 Å². The average Bonchev–Trinajstić information content (AvgIpc) is 3.14. The van der Waals surface area contributed by atoms with Gasteiger partial charge in [0.05, 0.1) is 18.8 Å². The van der Waals surface area contributed by atoms with E-state index in [0.717, 1.165) is 31.6 Å². The molecule has 0 radical (unpaired) electrons. The predicted octanol–water partition coefficient (Wildman–Crippen LogP) is 2.69. The molecule has 4 heteroatoms. The molecule has 0 amide bonds. The highest BCUT2D eigenvalue weighted by molar-refractivity contribution is 5.39. The van der Waals surface area contributed by atoms with Gasteiger partial charge in [-0.05, 0) is 43.1 Å². The lowest BCUT2D eigenvalue weighted by atomic mass is 9.33. The topological polar surface area (TPSA) is 41.9 Å². The van der Waals surface area contributed by atoms with Crippen LogP contribution in [0.3, 0.4) is 0 Å². The zero-order valence-electron chi connectivity index (χ0n) is 15.6. The monoisotopic (exact) mass is 355 g/mol. The highest BCUT2D eigenvalue weighted by atomic mass is 16.6. The standard InChI is InChI=1S/C22H29NO3/c1-12-13-4-7-22(17(12)24)15(10-13)21-6-3-5-20(2)14(21)11-16(22)26-19(21)23-8-9-25-18(20)23/h4,7,13-19,24H,1,3,5-6,8-11H2,2H3/t13?,14?,15?,16?,17-,18-,19?,20?,21?,22?/m0/s1. The summed E-state index contributed by atoms with van der Waals surface area (Å²) in [7, 11) is 0. The number of piperidine rings is 1. The number of aliphatic hydroxyl groups excluding tert-OH is 1. The molecule has 0 aromatic heterocycles. The number of hydrogen-bond donors (Lipinski definition) is 1. The SMILES string of the molecule is C=C1C2C=CC3(C4CC5C6(CCCC5(C)[C@@H]5OCCN5C6O4)C3C2)[C@H]1O. The Bertz CT molecular complexity index is 750. The van der Waals surface area contributed by atoms with E-state index in [2.05, 4.69) is 30.6 Å². The van der Waals surface area contributed by atoms with E-state index in [4.69, 9.17) is 9.47 Å². The molecular weight excluding hydrogens is 326 g/mol. The molecule has 26 heavy (non-hydrogen) atoms. The number of allylic oxidation sites excluding steroid dienone is 1. The van der Waals surface area contributed by atoms with E-state index in [1.54, 1.807) is 0 Å². The molecule has 140 valence electrons. The van der Waals surface area contributed by atoms with E-state index in [1.807, 2.05) is 0 Å². The summed E-state index contributed by atoms with van der Waals surface area (Å²) in [6.45, 7) is 8.61. The van der Waals surface area contributed by atoms with Crippen LogP contribution in [0.4, 0.5) is 0 Å². The minimum atomic E-state index is -0.432. The van der Waals surface area contributed by atoms with Crippen LogP contribution >= 0.6 is 0 Å². The highest BCUT2D eigenvalue weighted by Gasteiger charge is 2.80. The average molecular weight is 355 g/mol. The van der Waals surface area contributed by atoms with E-state index in [9.17, 15) is 5.11 Å². The Kier molecular flexibility index (Phi) is 2.54. The number of fused-ring (bicyclic) bond motifs is 3. The Hall–Kier alpha value is -0.680. The van der Waals surface area contributed by atoms with Gasteiger partial charge in [0.15, 0.2) is 0 Å². The summed E-state index contributed by atoms with van der Waals surface area (Å²) in [6.07, 6.45) is 10.8. The van der Waals surface area contributed by atoms with Crippen molar-refractivity contribution in [2.75, 3.05) is 13.2 Å². The van der Waals surface area contributed by atoms with Gasteiger partial charge in [-0.25, -0.2) is 4.90 Å². The lowest BCUT2D eigenvalue weighted by Gasteiger charge is -2.79. The molecule has 9 rings (SSSR count). The fourth-order valence-electron chi connectivity index (χ4n) is 9.17. The molecule has 10 atom stereocenters. The van der Waals surface area contributed by atoms with Gasteiger partial charge < -0.3 is 14.6 Å². The summed E-state index contributed by atoms with van der Waals surface area (Å²) in [4.78, 5) is 2.57. The summed E-state index contributed by atoms with van der Waals surface area (Å²) < 4.78 is 13.2. The number of rotatable bonds is 0. The maximum absolute atomic E-state index is 11.3. The van der Waals surface area contributed by atoms with Crippen LogP contribution in [0.1, 0.15) is 39.0 Å². The third-order valence-electron chi connectivity index (χ3n) is 9.98. The molecule has 0 aromatic rings. The van der Waals surface area contributed by atoms with Crippen LogP contribution in [0.15, 0.2) is 24.3 Å². The summed E-state index contributed by atoms with van der Waals surface area (Å²) in [6, 6.07) is 0. The Balaban J connectivity index is 1.47. The van der Waals surface area contributed by atoms with Gasteiger partial charge in [0.1, 0.15) is 12.5 Å². The van der Waals surface area contributed by atoms with E-state index >= 15 is 0 Å². The molecule has 4 saturated heterocycles. The molecule has 5 aliphatic carbocycles. The van der Waals surface area contributed by atoms with E-state index < -0.39 is 6.10 Å². The van der Waals surface area contributed by atoms with Crippen molar-refractivity contribution in [2.24, 2.45) is 34.0 Å². The maximum Gasteiger partial charge on any atom is 0.119 e. The number of hydrogen-bond acceptors (Lipinski definition) is 4. The van der Waals surface area contributed by atoms with E-state index in [-0.39, 0.29) is 34.8 Å². The summed E-state index contributed by atoms with van der Waals surface area (Å²) in [5, 5.41) is 11.3. The van der Waals surface area contributed by atoms with Crippen molar-refractivity contribution >= 4 is 0 Å². The molecule has 3 saturated carbocycles. The van der Waals surface area contributed by atoms with Gasteiger partial charge in [0, 0.05) is 28.7 Å². The van der Waals surface area contributed by atoms with Crippen LogP contribution in [0.2, 0.25) is 0 Å². The number of ether oxygens (including phenoxy) is 2. The normalized spacial score (nSPS) is 64.5. The van der Waals surface area contributed by atoms with Gasteiger partial charge in [-0.1, -0.05) is 32.1 Å². The van der Waals surface area contributed by atoms with Gasteiger partial charge in [0.25, 0.3) is 0 Å². The third kappa shape index (κ3) is 1.28. The first-order chi connectivity index (χ1) is 12.5. The first-order valence-corrected chi connectivity index (χ1v) is 10.6. The first-order valence-electron chi connectivity index (χ1n) is 10.6. The van der Waals surface area contributed by atoms with Gasteiger partial charge >= 0.3 is 0 Å². The lowest BCUT2D eigenvalue weighted by Crippen LogP contribution is -2.82. The highest BCUT2D eigenvalue weighted by Crippen LogP contribution is 2.78. The van der Waals surface area contributed by atoms with Gasteiger partial charge in [-0.3, -0.25) is 0 Å². The Morgan fingerprint density at radius 1 is 1.23 bits per heavy atom. The van der Waals surface area contributed by atoms with Crippen LogP contribution < -0.4 is 0 Å². The second-order valence-corrected chi connectivity index (χ2v) is 10.4. The minimum Gasteiger partial charge on any atom is -0.388 e. The Morgan fingerprint density at radius 2 is 2.12 bits per heavy atom. The van der Waals surface area contributed by atoms with Crippen molar-refractivity contribution in [1.82, 2.24) is 4.90 Å². The Labute approximate surface area is 155 Å². The molecule has 8 unspecified atom stereocenters. The first kappa shape index (κ1) is 15.3. The number of aliphatic hydroxyl groups is 1. The molecule has 4 heterocycles. The van der Waals surface area contributed by atoms with Crippen LogP contribution in [-0.4, -0.2) is 47.8 Å². The fourth-order valence-corrected chi connectivity index (χ4v) is 9.17. The molecule has 4 aliphatic heterocycles. The quantitative estimate of drug-likeness (QED) is 0.679. The van der Waals surface area contributed by atoms with Crippen molar-refractivity contribution in [3.63, 3.8) is 0 Å². The molecule has 7 fully saturated rings. The summed E-state index contributed by atoms with van der Waals surface area (Å²) in [5.41, 5.74) is 1.21. The van der Waals surface area contributed by atoms with Crippen molar-refractivity contribution in [3.05, 3.63) is 24.3 Å². The predicted molar refractivity (Wildman–Crippen MR) is 95.9 cm³/mol. The maximum atomic E-state index is 11.3. The van der Waals surface area contributed by atoms with Crippen molar-refractivity contribution in [2.45, 2.75) is 63.7 Å². The van der Waals surface area contributed by atoms with Gasteiger partial charge in [-0.2, -0.15) is 0 Å². The molecule has 1 N–H and O–H groups in total. The van der Waals surface area contributed by atoms with E-state index in [0.29, 0.717) is 17.8 Å². The van der Waals surface area contributed by atoms with Crippen molar-refractivity contribution in [1.29, 1.82) is 0 Å². The van der Waals surface area contributed by atoms with Crippen molar-refractivity contribution < 1.29 is 14.6 Å². The van der Waals surface area contributed by atoms with Crippen molar-refractivity contribution in [3.8, 4) is 0 Å². The minimum absolute atomic E-state index is 0.118. The number of nitrogens with zero attached hydrogens (tertiary/aromatic N) is 1.